The normalized spacial score (nSPS) is 15.8. The molecular formula is C117H120F4N18O6. The summed E-state index contributed by atoms with van der Waals surface area (Å²) in [6, 6.07) is 76.9. The van der Waals surface area contributed by atoms with E-state index in [-0.39, 0.29) is 47.4 Å². The van der Waals surface area contributed by atoms with Crippen LogP contribution in [-0.4, -0.2) is 134 Å². The minimum atomic E-state index is -0.257. The van der Waals surface area contributed by atoms with Gasteiger partial charge in [-0.1, -0.05) is 74.9 Å². The van der Waals surface area contributed by atoms with Crippen LogP contribution in [0, 0.1) is 23.3 Å². The average Bonchev–Trinajstić information content (AvgIpc) is 1.61. The summed E-state index contributed by atoms with van der Waals surface area (Å²) in [5.74, 6) is 8.85. The van der Waals surface area contributed by atoms with E-state index in [0.29, 0.717) is 57.7 Å². The highest BCUT2D eigenvalue weighted by Gasteiger charge is 2.37. The van der Waals surface area contributed by atoms with E-state index in [9.17, 15) is 17.6 Å². The number of para-hydroxylation sites is 1. The molecule has 28 heteroatoms. The molecule has 0 saturated heterocycles. The molecule has 4 aliphatic heterocycles. The SMILES string of the molecule is CCCCNc1cc(-c2c(-c3ccc(F)cc3)nc3n2C(COCc2ccc(OC)cc2)CC3)ccn1.CCCNc1nccc(-c2c(-c3ccc(F)cc3)nc3n2C(Cn2ccc4ccccc42)CC3)n1.COc1ccc(COCC2CCc3nc(-c4ccc(F)cc4)c(-c4ccnc(NC5CC5)c4)n32)cc1.COc1ccc(COCC2CCc3nc(-c4ccc(F)cc4)c(-c4ccnc(NC5CCC5)c4)n32)cc1. The minimum absolute atomic E-state index is 0.162. The predicted octanol–water partition coefficient (Wildman–Crippen LogP) is 25.3. The van der Waals surface area contributed by atoms with Crippen LogP contribution >= 0.6 is 0 Å². The fourth-order valence-electron chi connectivity index (χ4n) is 19.9. The molecule has 0 bridgehead atoms. The number of halogens is 4. The summed E-state index contributed by atoms with van der Waals surface area (Å²) in [6.45, 7) is 10.2. The molecule has 2 aliphatic carbocycles. The fourth-order valence-corrected chi connectivity index (χ4v) is 19.9. The Labute approximate surface area is 842 Å². The van der Waals surface area contributed by atoms with Crippen LogP contribution in [0.25, 0.3) is 101 Å². The molecule has 4 atom stereocenters. The summed E-state index contributed by atoms with van der Waals surface area (Å²) in [4.78, 5) is 43.0. The number of ether oxygens (including phenoxy) is 6. The Morgan fingerprint density at radius 1 is 0.345 bits per heavy atom. The number of pyridine rings is 3. The van der Waals surface area contributed by atoms with Gasteiger partial charge in [0.15, 0.2) is 0 Å². The Morgan fingerprint density at radius 2 is 0.724 bits per heavy atom. The smallest absolute Gasteiger partial charge is 0.223 e. The second-order valence-corrected chi connectivity index (χ2v) is 37.7. The van der Waals surface area contributed by atoms with Gasteiger partial charge in [0, 0.05) is 133 Å². The lowest BCUT2D eigenvalue weighted by Gasteiger charge is -2.27. The summed E-state index contributed by atoms with van der Waals surface area (Å²) < 4.78 is 101. The molecule has 4 unspecified atom stereocenters. The molecule has 0 radical (unpaired) electrons. The number of benzene rings is 8. The third kappa shape index (κ3) is 22.9. The molecule has 145 heavy (non-hydrogen) atoms. The summed E-state index contributed by atoms with van der Waals surface area (Å²) >= 11 is 0. The number of nitrogens with one attached hydrogen (secondary N) is 4. The van der Waals surface area contributed by atoms with Crippen LogP contribution in [0.4, 0.5) is 41.0 Å². The highest BCUT2D eigenvalue weighted by atomic mass is 19.1. The summed E-state index contributed by atoms with van der Waals surface area (Å²) in [7, 11) is 5.00. The number of nitrogens with zero attached hydrogens (tertiary/aromatic N) is 14. The zero-order valence-corrected chi connectivity index (χ0v) is 82.3. The van der Waals surface area contributed by atoms with Crippen molar-refractivity contribution in [3.05, 3.63) is 337 Å². The highest BCUT2D eigenvalue weighted by molar-refractivity contribution is 5.85. The first kappa shape index (κ1) is 97.3. The molecule has 23 rings (SSSR count). The predicted molar refractivity (Wildman–Crippen MR) is 561 cm³/mol. The van der Waals surface area contributed by atoms with E-state index in [1.54, 1.807) is 76.1 Å². The van der Waals surface area contributed by atoms with Crippen LogP contribution in [0.3, 0.4) is 0 Å². The van der Waals surface area contributed by atoms with Crippen LogP contribution in [0.15, 0.2) is 274 Å². The van der Waals surface area contributed by atoms with Gasteiger partial charge in [-0.25, -0.2) is 62.4 Å². The van der Waals surface area contributed by atoms with E-state index in [0.717, 1.165) is 255 Å². The Kier molecular flexibility index (Phi) is 30.6. The number of hydrogen-bond donors (Lipinski definition) is 4. The summed E-state index contributed by atoms with van der Waals surface area (Å²) in [6.07, 6.45) is 26.1. The zero-order valence-electron chi connectivity index (χ0n) is 82.3. The Bertz CT molecular complexity index is 7230. The molecule has 17 aromatic rings. The Hall–Kier alpha value is -15.1. The summed E-state index contributed by atoms with van der Waals surface area (Å²) in [5, 5.41) is 15.0. The molecule has 0 spiro atoms. The number of unbranched alkanes of at least 4 members (excludes halogenated alkanes) is 1. The van der Waals surface area contributed by atoms with E-state index in [1.165, 1.54) is 91.5 Å². The number of fused-ring (bicyclic) bond motifs is 5. The number of anilines is 4. The van der Waals surface area contributed by atoms with Crippen molar-refractivity contribution in [2.24, 2.45) is 0 Å². The number of rotatable bonds is 36. The maximum Gasteiger partial charge on any atom is 0.223 e. The first-order valence-electron chi connectivity index (χ1n) is 50.6. The largest absolute Gasteiger partial charge is 0.497 e. The van der Waals surface area contributed by atoms with Crippen molar-refractivity contribution in [1.82, 2.24) is 67.7 Å². The van der Waals surface area contributed by atoms with Crippen LogP contribution in [0.1, 0.15) is 155 Å². The number of aryl methyl sites for hydroxylation is 4. The van der Waals surface area contributed by atoms with Gasteiger partial charge in [-0.05, 0) is 281 Å². The van der Waals surface area contributed by atoms with Crippen molar-refractivity contribution < 1.29 is 46.0 Å². The monoisotopic (exact) mass is 1950 g/mol. The molecule has 4 N–H and O–H groups in total. The zero-order chi connectivity index (χ0) is 99.1. The van der Waals surface area contributed by atoms with Crippen molar-refractivity contribution in [2.45, 2.75) is 179 Å². The van der Waals surface area contributed by atoms with Gasteiger partial charge in [0.05, 0.1) is 136 Å². The van der Waals surface area contributed by atoms with Crippen molar-refractivity contribution >= 4 is 34.3 Å². The molecular weight excluding hydrogens is 1830 g/mol. The molecule has 8 aromatic carbocycles. The molecule has 24 nitrogen and oxygen atoms in total. The van der Waals surface area contributed by atoms with Crippen LogP contribution in [-0.2, 0) is 66.3 Å². The van der Waals surface area contributed by atoms with Crippen LogP contribution in [0.2, 0.25) is 0 Å². The lowest BCUT2D eigenvalue weighted by molar-refractivity contribution is 0.0924. The molecule has 6 aliphatic rings. The molecule has 742 valence electrons. The lowest BCUT2D eigenvalue weighted by Crippen LogP contribution is -2.27. The van der Waals surface area contributed by atoms with Crippen molar-refractivity contribution in [2.75, 3.05) is 75.5 Å². The maximum atomic E-state index is 13.7. The van der Waals surface area contributed by atoms with Gasteiger partial charge in [-0.2, -0.15) is 0 Å². The second-order valence-electron chi connectivity index (χ2n) is 37.7. The molecule has 2 fully saturated rings. The van der Waals surface area contributed by atoms with Gasteiger partial charge in [-0.3, -0.25) is 0 Å². The number of methoxy groups -OCH3 is 3. The van der Waals surface area contributed by atoms with Crippen molar-refractivity contribution in [3.63, 3.8) is 0 Å². The second kappa shape index (κ2) is 45.6. The minimum Gasteiger partial charge on any atom is -0.497 e. The van der Waals surface area contributed by atoms with Gasteiger partial charge < -0.3 is 72.5 Å². The summed E-state index contributed by atoms with van der Waals surface area (Å²) in [5.41, 5.74) is 19.6. The molecule has 2 saturated carbocycles. The van der Waals surface area contributed by atoms with E-state index in [1.807, 2.05) is 116 Å². The van der Waals surface area contributed by atoms with Crippen molar-refractivity contribution in [3.8, 4) is 107 Å². The van der Waals surface area contributed by atoms with E-state index in [4.69, 9.17) is 53.3 Å². The van der Waals surface area contributed by atoms with Gasteiger partial charge in [0.2, 0.25) is 5.95 Å². The number of hydrogen-bond acceptors (Lipinski definition) is 19. The first-order chi connectivity index (χ1) is 71.2. The Balaban J connectivity index is 0.000000118. The molecule has 13 heterocycles. The van der Waals surface area contributed by atoms with E-state index in [2.05, 4.69) is 133 Å². The van der Waals surface area contributed by atoms with Gasteiger partial charge in [0.25, 0.3) is 0 Å². The van der Waals surface area contributed by atoms with Gasteiger partial charge >= 0.3 is 0 Å². The Morgan fingerprint density at radius 3 is 1.12 bits per heavy atom. The highest BCUT2D eigenvalue weighted by Crippen LogP contribution is 2.47. The average molecular weight is 1950 g/mol. The van der Waals surface area contributed by atoms with E-state index < -0.39 is 0 Å². The topological polar surface area (TPSA) is 244 Å². The quantitative estimate of drug-likeness (QED) is 0.0211. The first-order valence-corrected chi connectivity index (χ1v) is 50.6. The maximum absolute atomic E-state index is 13.7. The van der Waals surface area contributed by atoms with Crippen LogP contribution in [0.5, 0.6) is 17.2 Å². The third-order valence-corrected chi connectivity index (χ3v) is 27.7. The molecule has 0 amide bonds. The van der Waals surface area contributed by atoms with Crippen LogP contribution < -0.4 is 35.5 Å². The fraction of sp³-hybridized carbons (Fsp3) is 0.308. The van der Waals surface area contributed by atoms with Gasteiger partial charge in [0.1, 0.15) is 81.3 Å². The van der Waals surface area contributed by atoms with E-state index >= 15 is 0 Å². The van der Waals surface area contributed by atoms with Crippen molar-refractivity contribution in [1.29, 1.82) is 0 Å². The number of aromatic nitrogens is 14. The number of imidazole rings is 4. The standard InChI is InChI=1S/C30H31FN4O2.C30H33FN4O2.C29H29FN4O2.C28H27FN6/c1-36-26-12-5-20(6-13-26)18-37-19-25-11-14-28-34-29(21-7-9-23(31)10-8-21)30(35(25)28)22-15-16-32-27(17-22)33-24-3-2-4-24;1-3-4-16-32-27-18-23(15-17-33-27)30-29(22-7-9-24(31)10-8-22)34-28-14-11-25(35(28)30)20-37-19-21-5-12-26(36-2)13-6-21;1-35-25-11-2-19(3-12-25)17-36-18-24-10-13-27-33-28(20-4-6-22(30)7-5-20)29(34(24)27)21-14-15-31-26(16-21)32-23-8-9-23;1-2-15-30-28-31-16-13-23(32-28)27-26(20-7-9-21(29)10-8-20)33-25-12-11-22(35(25)27)18-34-17-14-19-5-3-4-6-24(19)34/h5-10,12-13,15-17,24-25H,2-4,11,14,18-19H2,1H3,(H,32,33);5-10,12-13,15,17-18,25H,3-4,11,14,16,19-20H2,1-2H3,(H,32,33);2-7,11-12,14-16,23-24H,8-10,13,17-18H2,1H3,(H,31,32);3-10,13-14,16-17,22H,2,11-12,15,18H2,1H3,(H,30,31,32). The lowest BCUT2D eigenvalue weighted by atomic mass is 9.93. The molecule has 9 aromatic heterocycles. The van der Waals surface area contributed by atoms with Gasteiger partial charge in [-0.15, -0.1) is 0 Å². The third-order valence-electron chi connectivity index (χ3n) is 27.7.